The van der Waals surface area contributed by atoms with Crippen LogP contribution in [0.3, 0.4) is 0 Å². The first-order chi connectivity index (χ1) is 9.16. The molecule has 2 amide bonds. The number of rotatable bonds is 4. The molecule has 2 rings (SSSR count). The van der Waals surface area contributed by atoms with Crippen LogP contribution in [0.1, 0.15) is 44.9 Å². The highest BCUT2D eigenvalue weighted by Crippen LogP contribution is 2.25. The minimum Gasteiger partial charge on any atom is -0.481 e. The van der Waals surface area contributed by atoms with Gasteiger partial charge in [0, 0.05) is 19.6 Å². The number of aliphatic carboxylic acids is 1. The highest BCUT2D eigenvalue weighted by molar-refractivity contribution is 5.77. The van der Waals surface area contributed by atoms with Gasteiger partial charge in [0.2, 0.25) is 0 Å². The Hall–Kier alpha value is -1.26. The molecule has 1 aliphatic carbocycles. The summed E-state index contributed by atoms with van der Waals surface area (Å²) in [5.74, 6) is -0.416. The standard InChI is InChI=1S/C14H24N2O3/c17-13(18)12-7-9-16(10-12)14(19)15-8-6-11-4-2-1-3-5-11/h11-12H,1-10H2,(H,15,19)(H,17,18). The van der Waals surface area contributed by atoms with E-state index in [1.807, 2.05) is 0 Å². The van der Waals surface area contributed by atoms with E-state index in [4.69, 9.17) is 5.11 Å². The Bertz CT molecular complexity index is 327. The number of amides is 2. The van der Waals surface area contributed by atoms with Crippen molar-refractivity contribution in [2.24, 2.45) is 11.8 Å². The molecule has 1 unspecified atom stereocenters. The summed E-state index contributed by atoms with van der Waals surface area (Å²) in [6, 6.07) is -0.0976. The Kier molecular flexibility index (Phi) is 5.05. The Morgan fingerprint density at radius 2 is 1.89 bits per heavy atom. The molecule has 1 saturated heterocycles. The highest BCUT2D eigenvalue weighted by atomic mass is 16.4. The number of urea groups is 1. The topological polar surface area (TPSA) is 69.6 Å². The van der Waals surface area contributed by atoms with Crippen molar-refractivity contribution in [3.63, 3.8) is 0 Å². The molecule has 0 bridgehead atoms. The van der Waals surface area contributed by atoms with E-state index in [-0.39, 0.29) is 11.9 Å². The monoisotopic (exact) mass is 268 g/mol. The molecule has 0 aromatic carbocycles. The third kappa shape index (κ3) is 4.11. The third-order valence-electron chi connectivity index (χ3n) is 4.38. The predicted molar refractivity (Wildman–Crippen MR) is 71.9 cm³/mol. The van der Waals surface area contributed by atoms with Gasteiger partial charge in [-0.1, -0.05) is 32.1 Å². The van der Waals surface area contributed by atoms with E-state index in [9.17, 15) is 9.59 Å². The fourth-order valence-corrected chi connectivity index (χ4v) is 3.12. The number of carboxylic acids is 1. The number of carbonyl (C=O) groups is 2. The van der Waals surface area contributed by atoms with E-state index in [0.717, 1.165) is 18.9 Å². The van der Waals surface area contributed by atoms with E-state index >= 15 is 0 Å². The van der Waals surface area contributed by atoms with Crippen molar-refractivity contribution in [2.45, 2.75) is 44.9 Å². The fourth-order valence-electron chi connectivity index (χ4n) is 3.12. The zero-order valence-electron chi connectivity index (χ0n) is 11.4. The molecule has 5 heteroatoms. The number of carbonyl (C=O) groups excluding carboxylic acids is 1. The average molecular weight is 268 g/mol. The van der Waals surface area contributed by atoms with E-state index in [0.29, 0.717) is 19.5 Å². The van der Waals surface area contributed by atoms with Crippen LogP contribution in [0.5, 0.6) is 0 Å². The molecule has 19 heavy (non-hydrogen) atoms. The van der Waals surface area contributed by atoms with Crippen LogP contribution in [0, 0.1) is 11.8 Å². The summed E-state index contributed by atoms with van der Waals surface area (Å²) >= 11 is 0. The van der Waals surface area contributed by atoms with Crippen LogP contribution in [0.4, 0.5) is 4.79 Å². The third-order valence-corrected chi connectivity index (χ3v) is 4.38. The number of likely N-dealkylation sites (tertiary alicyclic amines) is 1. The van der Waals surface area contributed by atoms with E-state index < -0.39 is 5.97 Å². The maximum atomic E-state index is 11.9. The van der Waals surface area contributed by atoms with Gasteiger partial charge >= 0.3 is 12.0 Å². The molecule has 1 aliphatic heterocycles. The van der Waals surface area contributed by atoms with Crippen molar-refractivity contribution in [3.05, 3.63) is 0 Å². The number of nitrogens with one attached hydrogen (secondary N) is 1. The van der Waals surface area contributed by atoms with Gasteiger partial charge in [0.05, 0.1) is 5.92 Å². The lowest BCUT2D eigenvalue weighted by atomic mass is 9.87. The summed E-state index contributed by atoms with van der Waals surface area (Å²) in [5, 5.41) is 11.8. The minimum atomic E-state index is -0.794. The maximum Gasteiger partial charge on any atom is 0.317 e. The van der Waals surface area contributed by atoms with Crippen LogP contribution in [-0.2, 0) is 4.79 Å². The second kappa shape index (κ2) is 6.78. The Balaban J connectivity index is 1.63. The number of nitrogens with zero attached hydrogens (tertiary/aromatic N) is 1. The van der Waals surface area contributed by atoms with Gasteiger partial charge in [0.1, 0.15) is 0 Å². The molecular formula is C14H24N2O3. The molecule has 0 aromatic rings. The lowest BCUT2D eigenvalue weighted by molar-refractivity contribution is -0.141. The molecule has 2 N–H and O–H groups in total. The van der Waals surface area contributed by atoms with Gasteiger partial charge < -0.3 is 15.3 Å². The molecule has 1 atom stereocenters. The predicted octanol–water partition coefficient (Wildman–Crippen LogP) is 2.07. The van der Waals surface area contributed by atoms with Gasteiger partial charge in [-0.25, -0.2) is 4.79 Å². The summed E-state index contributed by atoms with van der Waals surface area (Å²) in [7, 11) is 0. The largest absolute Gasteiger partial charge is 0.481 e. The van der Waals surface area contributed by atoms with Crippen molar-refractivity contribution in [1.29, 1.82) is 0 Å². The average Bonchev–Trinajstić information content (AvgIpc) is 2.89. The van der Waals surface area contributed by atoms with Crippen molar-refractivity contribution in [2.75, 3.05) is 19.6 Å². The van der Waals surface area contributed by atoms with Crippen LogP contribution in [0.25, 0.3) is 0 Å². The zero-order valence-corrected chi connectivity index (χ0v) is 11.4. The van der Waals surface area contributed by atoms with Gasteiger partial charge in [0.25, 0.3) is 0 Å². The lowest BCUT2D eigenvalue weighted by Gasteiger charge is -2.22. The van der Waals surface area contributed by atoms with Crippen LogP contribution in [0.2, 0.25) is 0 Å². The second-order valence-electron chi connectivity index (χ2n) is 5.79. The molecule has 2 fully saturated rings. The van der Waals surface area contributed by atoms with Crippen molar-refractivity contribution in [1.82, 2.24) is 10.2 Å². The van der Waals surface area contributed by atoms with Gasteiger partial charge in [-0.2, -0.15) is 0 Å². The fraction of sp³-hybridized carbons (Fsp3) is 0.857. The zero-order chi connectivity index (χ0) is 13.7. The van der Waals surface area contributed by atoms with Gasteiger partial charge in [-0.05, 0) is 18.8 Å². The molecule has 5 nitrogen and oxygen atoms in total. The van der Waals surface area contributed by atoms with Crippen LogP contribution in [0.15, 0.2) is 0 Å². The minimum absolute atomic E-state index is 0.0976. The molecule has 1 heterocycles. The SMILES string of the molecule is O=C(O)C1CCN(C(=O)NCCC2CCCCC2)C1. The second-order valence-corrected chi connectivity index (χ2v) is 5.79. The molecule has 108 valence electrons. The molecule has 0 radical (unpaired) electrons. The lowest BCUT2D eigenvalue weighted by Crippen LogP contribution is -2.39. The summed E-state index contributed by atoms with van der Waals surface area (Å²) in [6.45, 7) is 1.63. The number of carboxylic acid groups (broad SMARTS) is 1. The van der Waals surface area contributed by atoms with Crippen molar-refractivity contribution >= 4 is 12.0 Å². The van der Waals surface area contributed by atoms with E-state index in [2.05, 4.69) is 5.32 Å². The van der Waals surface area contributed by atoms with Gasteiger partial charge in [0.15, 0.2) is 0 Å². The van der Waals surface area contributed by atoms with E-state index in [1.165, 1.54) is 32.1 Å². The van der Waals surface area contributed by atoms with Crippen LogP contribution < -0.4 is 5.32 Å². The van der Waals surface area contributed by atoms with Crippen LogP contribution >= 0.6 is 0 Å². The summed E-state index contributed by atoms with van der Waals surface area (Å²) < 4.78 is 0. The molecule has 0 aromatic heterocycles. The summed E-state index contributed by atoms with van der Waals surface area (Å²) in [4.78, 5) is 24.3. The Morgan fingerprint density at radius 3 is 2.53 bits per heavy atom. The molecule has 2 aliphatic rings. The van der Waals surface area contributed by atoms with E-state index in [1.54, 1.807) is 4.90 Å². The number of hydrogen-bond donors (Lipinski definition) is 2. The van der Waals surface area contributed by atoms with Gasteiger partial charge in [-0.3, -0.25) is 4.79 Å². The highest BCUT2D eigenvalue weighted by Gasteiger charge is 2.30. The summed E-state index contributed by atoms with van der Waals surface area (Å²) in [6.07, 6.45) is 8.22. The van der Waals surface area contributed by atoms with Crippen molar-refractivity contribution in [3.8, 4) is 0 Å². The summed E-state index contributed by atoms with van der Waals surface area (Å²) in [5.41, 5.74) is 0. The Morgan fingerprint density at radius 1 is 1.16 bits per heavy atom. The quantitative estimate of drug-likeness (QED) is 0.820. The normalized spacial score (nSPS) is 24.4. The smallest absolute Gasteiger partial charge is 0.317 e. The van der Waals surface area contributed by atoms with Crippen molar-refractivity contribution < 1.29 is 14.7 Å². The molecular weight excluding hydrogens is 244 g/mol. The molecule has 1 saturated carbocycles. The Labute approximate surface area is 114 Å². The number of hydrogen-bond acceptors (Lipinski definition) is 2. The molecule has 0 spiro atoms. The first-order valence-corrected chi connectivity index (χ1v) is 7.42. The van der Waals surface area contributed by atoms with Crippen LogP contribution in [-0.4, -0.2) is 41.6 Å². The first kappa shape index (κ1) is 14.2. The maximum absolute atomic E-state index is 11.9. The van der Waals surface area contributed by atoms with Gasteiger partial charge in [-0.15, -0.1) is 0 Å². The first-order valence-electron chi connectivity index (χ1n) is 7.42.